The van der Waals surface area contributed by atoms with Gasteiger partial charge in [0.1, 0.15) is 5.75 Å². The molecule has 1 unspecified atom stereocenters. The van der Waals surface area contributed by atoms with Crippen LogP contribution in [0.2, 0.25) is 0 Å². The summed E-state index contributed by atoms with van der Waals surface area (Å²) in [4.78, 5) is 1.11. The molecule has 0 radical (unpaired) electrons. The molecule has 17 heavy (non-hydrogen) atoms. The topological polar surface area (TPSA) is 41.5 Å². The van der Waals surface area contributed by atoms with Gasteiger partial charge in [-0.05, 0) is 12.1 Å². The molecular weight excluding hydrogens is 234 g/mol. The van der Waals surface area contributed by atoms with E-state index in [1.807, 2.05) is 24.3 Å². The smallest absolute Gasteiger partial charge is 0.132 e. The van der Waals surface area contributed by atoms with Crippen molar-refractivity contribution in [1.82, 2.24) is 5.32 Å². The zero-order valence-electron chi connectivity index (χ0n) is 10.6. The molecule has 1 aromatic rings. The Bertz CT molecular complexity index is 331. The zero-order valence-corrected chi connectivity index (χ0v) is 11.5. The Morgan fingerprint density at radius 2 is 2.06 bits per heavy atom. The molecule has 0 heterocycles. The van der Waals surface area contributed by atoms with Crippen molar-refractivity contribution in [1.29, 1.82) is 0 Å². The normalized spacial score (nSPS) is 12.8. The number of thioether (sulfide) groups is 1. The molecule has 0 aromatic heterocycles. The van der Waals surface area contributed by atoms with Crippen LogP contribution in [0, 0.1) is 0 Å². The summed E-state index contributed by atoms with van der Waals surface area (Å²) in [5.41, 5.74) is 0. The monoisotopic (exact) mass is 255 g/mol. The molecule has 3 nitrogen and oxygen atoms in total. The molecule has 4 heteroatoms. The summed E-state index contributed by atoms with van der Waals surface area (Å²) in [6.07, 6.45) is 0. The molecule has 0 aliphatic heterocycles. The van der Waals surface area contributed by atoms with Crippen LogP contribution in [0.15, 0.2) is 29.2 Å². The van der Waals surface area contributed by atoms with Gasteiger partial charge in [0.2, 0.25) is 0 Å². The van der Waals surface area contributed by atoms with Gasteiger partial charge in [0.15, 0.2) is 0 Å². The largest absolute Gasteiger partial charge is 0.496 e. The van der Waals surface area contributed by atoms with E-state index in [9.17, 15) is 5.11 Å². The molecule has 0 fully saturated rings. The SMILES string of the molecule is COc1ccccc1SCC(CO)NC(C)C. The number of aliphatic hydroxyl groups is 1. The van der Waals surface area contributed by atoms with Gasteiger partial charge in [-0.1, -0.05) is 26.0 Å². The highest BCUT2D eigenvalue weighted by molar-refractivity contribution is 7.99. The molecule has 96 valence electrons. The van der Waals surface area contributed by atoms with Crippen molar-refractivity contribution in [2.24, 2.45) is 0 Å². The molecule has 1 rings (SSSR count). The van der Waals surface area contributed by atoms with Gasteiger partial charge in [0.05, 0.1) is 13.7 Å². The lowest BCUT2D eigenvalue weighted by atomic mass is 10.3. The minimum Gasteiger partial charge on any atom is -0.496 e. The summed E-state index contributed by atoms with van der Waals surface area (Å²) in [6, 6.07) is 8.43. The van der Waals surface area contributed by atoms with E-state index in [0.717, 1.165) is 16.4 Å². The van der Waals surface area contributed by atoms with Crippen molar-refractivity contribution in [3.8, 4) is 5.75 Å². The maximum absolute atomic E-state index is 9.27. The van der Waals surface area contributed by atoms with Gasteiger partial charge < -0.3 is 15.2 Å². The van der Waals surface area contributed by atoms with Crippen molar-refractivity contribution in [2.75, 3.05) is 19.5 Å². The quantitative estimate of drug-likeness (QED) is 0.733. The fourth-order valence-corrected chi connectivity index (χ4v) is 2.60. The lowest BCUT2D eigenvalue weighted by Crippen LogP contribution is -2.39. The first-order chi connectivity index (χ1) is 8.17. The molecule has 0 bridgehead atoms. The van der Waals surface area contributed by atoms with E-state index in [0.29, 0.717) is 6.04 Å². The number of methoxy groups -OCH3 is 1. The van der Waals surface area contributed by atoms with E-state index in [4.69, 9.17) is 4.74 Å². The molecule has 1 atom stereocenters. The Morgan fingerprint density at radius 3 is 2.65 bits per heavy atom. The fraction of sp³-hybridized carbons (Fsp3) is 0.538. The molecular formula is C13H21NO2S. The van der Waals surface area contributed by atoms with E-state index in [-0.39, 0.29) is 12.6 Å². The summed E-state index contributed by atoms with van der Waals surface area (Å²) in [5, 5.41) is 12.6. The fourth-order valence-electron chi connectivity index (χ4n) is 1.55. The van der Waals surface area contributed by atoms with Gasteiger partial charge in [-0.3, -0.25) is 0 Å². The van der Waals surface area contributed by atoms with Gasteiger partial charge in [-0.2, -0.15) is 0 Å². The average Bonchev–Trinajstić information content (AvgIpc) is 2.34. The number of hydrogen-bond donors (Lipinski definition) is 2. The van der Waals surface area contributed by atoms with E-state index in [1.165, 1.54) is 0 Å². The van der Waals surface area contributed by atoms with Crippen LogP contribution in [0.5, 0.6) is 5.75 Å². The summed E-state index contributed by atoms with van der Waals surface area (Å²) >= 11 is 1.70. The molecule has 0 aliphatic carbocycles. The first-order valence-electron chi connectivity index (χ1n) is 5.80. The van der Waals surface area contributed by atoms with E-state index < -0.39 is 0 Å². The first kappa shape index (κ1) is 14.4. The third kappa shape index (κ3) is 4.98. The van der Waals surface area contributed by atoms with Gasteiger partial charge in [0.25, 0.3) is 0 Å². The molecule has 0 saturated heterocycles. The Kier molecular flexibility index (Phi) is 6.40. The summed E-state index contributed by atoms with van der Waals surface area (Å²) in [6.45, 7) is 4.31. The van der Waals surface area contributed by atoms with Crippen LogP contribution in [-0.4, -0.2) is 36.7 Å². The minimum absolute atomic E-state index is 0.116. The van der Waals surface area contributed by atoms with Crippen LogP contribution in [0.4, 0.5) is 0 Å². The van der Waals surface area contributed by atoms with E-state index >= 15 is 0 Å². The number of aliphatic hydroxyl groups excluding tert-OH is 1. The zero-order chi connectivity index (χ0) is 12.7. The van der Waals surface area contributed by atoms with Crippen molar-refractivity contribution >= 4 is 11.8 Å². The molecule has 0 spiro atoms. The van der Waals surface area contributed by atoms with Gasteiger partial charge in [0, 0.05) is 22.7 Å². The maximum atomic E-state index is 9.27. The average molecular weight is 255 g/mol. The van der Waals surface area contributed by atoms with Crippen LogP contribution in [-0.2, 0) is 0 Å². The third-order valence-corrected chi connectivity index (χ3v) is 3.52. The van der Waals surface area contributed by atoms with Crippen LogP contribution in [0.25, 0.3) is 0 Å². The predicted octanol–water partition coefficient (Wildman–Crippen LogP) is 2.15. The molecule has 0 saturated carbocycles. The molecule has 0 amide bonds. The minimum atomic E-state index is 0.116. The lowest BCUT2D eigenvalue weighted by Gasteiger charge is -2.19. The Balaban J connectivity index is 2.53. The predicted molar refractivity (Wildman–Crippen MR) is 72.9 cm³/mol. The second kappa shape index (κ2) is 7.58. The van der Waals surface area contributed by atoms with Crippen LogP contribution in [0.1, 0.15) is 13.8 Å². The highest BCUT2D eigenvalue weighted by atomic mass is 32.2. The molecule has 1 aromatic carbocycles. The third-order valence-electron chi connectivity index (χ3n) is 2.30. The second-order valence-corrected chi connectivity index (χ2v) is 5.22. The molecule has 2 N–H and O–H groups in total. The Morgan fingerprint density at radius 1 is 1.35 bits per heavy atom. The van der Waals surface area contributed by atoms with Crippen LogP contribution in [0.3, 0.4) is 0 Å². The highest BCUT2D eigenvalue weighted by Gasteiger charge is 2.10. The lowest BCUT2D eigenvalue weighted by molar-refractivity contribution is 0.247. The van der Waals surface area contributed by atoms with E-state index in [2.05, 4.69) is 19.2 Å². The van der Waals surface area contributed by atoms with E-state index in [1.54, 1.807) is 18.9 Å². The highest BCUT2D eigenvalue weighted by Crippen LogP contribution is 2.28. The van der Waals surface area contributed by atoms with Gasteiger partial charge in [-0.15, -0.1) is 11.8 Å². The van der Waals surface area contributed by atoms with Crippen molar-refractivity contribution in [2.45, 2.75) is 30.8 Å². The van der Waals surface area contributed by atoms with Crippen molar-refractivity contribution in [3.05, 3.63) is 24.3 Å². The van der Waals surface area contributed by atoms with Gasteiger partial charge in [-0.25, -0.2) is 0 Å². The maximum Gasteiger partial charge on any atom is 0.132 e. The summed E-state index contributed by atoms with van der Waals surface area (Å²) in [7, 11) is 1.68. The summed E-state index contributed by atoms with van der Waals surface area (Å²) < 4.78 is 5.29. The number of para-hydroxylation sites is 1. The van der Waals surface area contributed by atoms with Crippen molar-refractivity contribution in [3.63, 3.8) is 0 Å². The number of ether oxygens (including phenoxy) is 1. The number of hydrogen-bond acceptors (Lipinski definition) is 4. The number of nitrogens with one attached hydrogen (secondary N) is 1. The number of benzene rings is 1. The standard InChI is InChI=1S/C13H21NO2S/c1-10(2)14-11(8-15)9-17-13-7-5-4-6-12(13)16-3/h4-7,10-11,14-15H,8-9H2,1-3H3. The first-order valence-corrected chi connectivity index (χ1v) is 6.78. The van der Waals surface area contributed by atoms with Gasteiger partial charge >= 0.3 is 0 Å². The van der Waals surface area contributed by atoms with Crippen LogP contribution >= 0.6 is 11.8 Å². The van der Waals surface area contributed by atoms with Crippen molar-refractivity contribution < 1.29 is 9.84 Å². The second-order valence-electron chi connectivity index (χ2n) is 4.16. The summed E-state index contributed by atoms with van der Waals surface area (Å²) in [5.74, 6) is 1.72. The Hall–Kier alpha value is -0.710. The number of rotatable bonds is 7. The molecule has 0 aliphatic rings. The van der Waals surface area contributed by atoms with Crippen LogP contribution < -0.4 is 10.1 Å². The Labute approximate surface area is 108 Å².